The molecule has 0 atom stereocenters. The first-order valence-electron chi connectivity index (χ1n) is 5.33. The molecule has 0 aliphatic heterocycles. The Labute approximate surface area is 104 Å². The van der Waals surface area contributed by atoms with Gasteiger partial charge in [-0.25, -0.2) is 4.39 Å². The second-order valence-electron chi connectivity index (χ2n) is 3.59. The van der Waals surface area contributed by atoms with Crippen LogP contribution in [0.5, 0.6) is 0 Å². The minimum absolute atomic E-state index is 0.373. The minimum Gasteiger partial charge on any atom is -0.411 e. The molecule has 0 aliphatic carbocycles. The number of benzene rings is 2. The van der Waals surface area contributed by atoms with Crippen LogP contribution in [0, 0.1) is 17.7 Å². The third-order valence-electron chi connectivity index (χ3n) is 2.33. The van der Waals surface area contributed by atoms with E-state index in [0.717, 1.165) is 5.56 Å². The highest BCUT2D eigenvalue weighted by Crippen LogP contribution is 2.08. The van der Waals surface area contributed by atoms with Crippen LogP contribution in [0.15, 0.2) is 53.7 Å². The SMILES string of the molecule is ON=Cc1ccc(F)cc1C#Cc1ccccc1. The number of halogens is 1. The van der Waals surface area contributed by atoms with Crippen LogP contribution in [0.2, 0.25) is 0 Å². The monoisotopic (exact) mass is 239 g/mol. The maximum atomic E-state index is 13.1. The summed E-state index contributed by atoms with van der Waals surface area (Å²) in [6.07, 6.45) is 1.23. The van der Waals surface area contributed by atoms with Crippen LogP contribution >= 0.6 is 0 Å². The summed E-state index contributed by atoms with van der Waals surface area (Å²) in [7, 11) is 0. The van der Waals surface area contributed by atoms with Crippen LogP contribution in [0.1, 0.15) is 16.7 Å². The fourth-order valence-corrected chi connectivity index (χ4v) is 1.47. The smallest absolute Gasteiger partial charge is 0.124 e. The number of hydrogen-bond acceptors (Lipinski definition) is 2. The quantitative estimate of drug-likeness (QED) is 0.353. The zero-order chi connectivity index (χ0) is 12.8. The molecule has 18 heavy (non-hydrogen) atoms. The number of hydrogen-bond donors (Lipinski definition) is 1. The predicted octanol–water partition coefficient (Wildman–Crippen LogP) is 3.03. The van der Waals surface area contributed by atoms with Gasteiger partial charge < -0.3 is 5.21 Å². The molecule has 1 N–H and O–H groups in total. The van der Waals surface area contributed by atoms with Gasteiger partial charge in [0.15, 0.2) is 0 Å². The Morgan fingerprint density at radius 3 is 2.56 bits per heavy atom. The van der Waals surface area contributed by atoms with Crippen molar-refractivity contribution in [2.24, 2.45) is 5.16 Å². The van der Waals surface area contributed by atoms with Crippen molar-refractivity contribution in [2.45, 2.75) is 0 Å². The average molecular weight is 239 g/mol. The largest absolute Gasteiger partial charge is 0.411 e. The van der Waals surface area contributed by atoms with Crippen LogP contribution in [0.3, 0.4) is 0 Å². The standard InChI is InChI=1S/C15H10FNO/c16-15-9-8-14(11-17-18)13(10-15)7-6-12-4-2-1-3-5-12/h1-5,8-11,18H. The van der Waals surface area contributed by atoms with E-state index >= 15 is 0 Å². The maximum Gasteiger partial charge on any atom is 0.124 e. The molecule has 0 spiro atoms. The molecular weight excluding hydrogens is 229 g/mol. The van der Waals surface area contributed by atoms with Crippen LogP contribution in [-0.2, 0) is 0 Å². The molecule has 2 aromatic rings. The third-order valence-corrected chi connectivity index (χ3v) is 2.33. The van der Waals surface area contributed by atoms with E-state index in [2.05, 4.69) is 17.0 Å². The summed E-state index contributed by atoms with van der Waals surface area (Å²) >= 11 is 0. The molecule has 2 rings (SSSR count). The van der Waals surface area contributed by atoms with E-state index in [1.807, 2.05) is 30.3 Å². The Balaban J connectivity index is 2.40. The van der Waals surface area contributed by atoms with Gasteiger partial charge >= 0.3 is 0 Å². The summed E-state index contributed by atoms with van der Waals surface area (Å²) in [5.74, 6) is 5.42. The first-order valence-corrected chi connectivity index (χ1v) is 5.33. The Hall–Kier alpha value is -2.60. The van der Waals surface area contributed by atoms with Crippen molar-refractivity contribution in [2.75, 3.05) is 0 Å². The first-order chi connectivity index (χ1) is 8.79. The van der Waals surface area contributed by atoms with Crippen molar-refractivity contribution in [1.29, 1.82) is 0 Å². The van der Waals surface area contributed by atoms with E-state index in [1.165, 1.54) is 24.4 Å². The molecule has 0 bridgehead atoms. The van der Waals surface area contributed by atoms with E-state index in [0.29, 0.717) is 11.1 Å². The van der Waals surface area contributed by atoms with Crippen molar-refractivity contribution in [3.8, 4) is 11.8 Å². The summed E-state index contributed by atoms with van der Waals surface area (Å²) in [5, 5.41) is 11.5. The molecule has 0 saturated carbocycles. The number of oxime groups is 1. The van der Waals surface area contributed by atoms with Gasteiger partial charge in [0.05, 0.1) is 6.21 Å². The van der Waals surface area contributed by atoms with Crippen molar-refractivity contribution in [3.63, 3.8) is 0 Å². The molecule has 0 heterocycles. The Kier molecular flexibility index (Phi) is 3.72. The lowest BCUT2D eigenvalue weighted by Gasteiger charge is -1.97. The fourth-order valence-electron chi connectivity index (χ4n) is 1.47. The molecule has 0 aromatic heterocycles. The number of rotatable bonds is 1. The van der Waals surface area contributed by atoms with E-state index in [-0.39, 0.29) is 5.82 Å². The van der Waals surface area contributed by atoms with Gasteiger partial charge in [-0.2, -0.15) is 0 Å². The molecule has 2 nitrogen and oxygen atoms in total. The van der Waals surface area contributed by atoms with Gasteiger partial charge in [0.25, 0.3) is 0 Å². The second-order valence-corrected chi connectivity index (χ2v) is 3.59. The molecule has 0 saturated heterocycles. The molecule has 0 aliphatic rings. The zero-order valence-electron chi connectivity index (χ0n) is 9.47. The first kappa shape index (κ1) is 11.9. The highest BCUT2D eigenvalue weighted by Gasteiger charge is 1.99. The Morgan fingerprint density at radius 1 is 1.06 bits per heavy atom. The van der Waals surface area contributed by atoms with E-state index in [4.69, 9.17) is 5.21 Å². The summed E-state index contributed by atoms with van der Waals surface area (Å²) in [4.78, 5) is 0. The molecule has 3 heteroatoms. The lowest BCUT2D eigenvalue weighted by Crippen LogP contribution is -1.90. The van der Waals surface area contributed by atoms with Gasteiger partial charge in [-0.3, -0.25) is 0 Å². The fraction of sp³-hybridized carbons (Fsp3) is 0. The second kappa shape index (κ2) is 5.65. The van der Waals surface area contributed by atoms with Gasteiger partial charge in [-0.05, 0) is 30.3 Å². The lowest BCUT2D eigenvalue weighted by molar-refractivity contribution is 0.322. The van der Waals surface area contributed by atoms with Crippen molar-refractivity contribution in [3.05, 3.63) is 71.0 Å². The number of nitrogens with zero attached hydrogens (tertiary/aromatic N) is 1. The normalized spacial score (nSPS) is 10.1. The summed E-state index contributed by atoms with van der Waals surface area (Å²) < 4.78 is 13.1. The van der Waals surface area contributed by atoms with Crippen LogP contribution in [-0.4, -0.2) is 11.4 Å². The van der Waals surface area contributed by atoms with E-state index < -0.39 is 0 Å². The van der Waals surface area contributed by atoms with Crippen molar-refractivity contribution >= 4 is 6.21 Å². The van der Waals surface area contributed by atoms with Gasteiger partial charge in [0.1, 0.15) is 5.82 Å². The zero-order valence-corrected chi connectivity index (χ0v) is 9.47. The van der Waals surface area contributed by atoms with Crippen molar-refractivity contribution < 1.29 is 9.60 Å². The molecule has 0 amide bonds. The molecule has 0 unspecified atom stereocenters. The Morgan fingerprint density at radius 2 is 1.83 bits per heavy atom. The van der Waals surface area contributed by atoms with Gasteiger partial charge in [-0.1, -0.05) is 35.2 Å². The van der Waals surface area contributed by atoms with Gasteiger partial charge in [-0.15, -0.1) is 0 Å². The third kappa shape index (κ3) is 2.96. The van der Waals surface area contributed by atoms with Crippen LogP contribution < -0.4 is 0 Å². The van der Waals surface area contributed by atoms with Crippen LogP contribution in [0.25, 0.3) is 0 Å². The maximum absolute atomic E-state index is 13.1. The highest BCUT2D eigenvalue weighted by atomic mass is 19.1. The molecule has 2 aromatic carbocycles. The molecule has 0 radical (unpaired) electrons. The molecule has 0 fully saturated rings. The summed E-state index contributed by atoms with van der Waals surface area (Å²) in [5.41, 5.74) is 1.90. The Bertz CT molecular complexity index is 624. The minimum atomic E-state index is -0.373. The topological polar surface area (TPSA) is 32.6 Å². The summed E-state index contributed by atoms with van der Waals surface area (Å²) in [6.45, 7) is 0. The summed E-state index contributed by atoms with van der Waals surface area (Å²) in [6, 6.07) is 13.5. The van der Waals surface area contributed by atoms with Gasteiger partial charge in [0, 0.05) is 16.7 Å². The molecule has 88 valence electrons. The molecular formula is C15H10FNO. The van der Waals surface area contributed by atoms with E-state index in [1.54, 1.807) is 0 Å². The van der Waals surface area contributed by atoms with Gasteiger partial charge in [0.2, 0.25) is 0 Å². The highest BCUT2D eigenvalue weighted by molar-refractivity contribution is 5.83. The van der Waals surface area contributed by atoms with E-state index in [9.17, 15) is 4.39 Å². The average Bonchev–Trinajstić information content (AvgIpc) is 2.40. The lowest BCUT2D eigenvalue weighted by atomic mass is 10.1. The van der Waals surface area contributed by atoms with Crippen molar-refractivity contribution in [1.82, 2.24) is 0 Å². The van der Waals surface area contributed by atoms with Crippen LogP contribution in [0.4, 0.5) is 4.39 Å². The predicted molar refractivity (Wildman–Crippen MR) is 68.2 cm³/mol.